The lowest BCUT2D eigenvalue weighted by molar-refractivity contribution is -0.137. The maximum Gasteiger partial charge on any atom is 0.339 e. The molecule has 0 bridgehead atoms. The molecule has 0 aliphatic rings. The van der Waals surface area contributed by atoms with Crippen molar-refractivity contribution in [3.05, 3.63) is 70.7 Å². The number of thiazole rings is 1. The molecule has 3 rings (SSSR count). The fourth-order valence-electron chi connectivity index (χ4n) is 2.64. The number of amides is 1. The Labute approximate surface area is 183 Å². The number of nitrogens with one attached hydrogen (secondary N) is 1. The molecule has 1 aromatic heterocycles. The summed E-state index contributed by atoms with van der Waals surface area (Å²) in [4.78, 5) is 39.1. The van der Waals surface area contributed by atoms with E-state index in [1.54, 1.807) is 29.6 Å². The Hall–Kier alpha value is -3.56. The van der Waals surface area contributed by atoms with Gasteiger partial charge in [0.15, 0.2) is 11.9 Å². The number of hydrogen-bond donors (Lipinski definition) is 2. The molecular weight excluding hydrogens is 418 g/mol. The summed E-state index contributed by atoms with van der Waals surface area (Å²) < 4.78 is 11.2. The zero-order valence-corrected chi connectivity index (χ0v) is 17.8. The molecule has 0 atom stereocenters. The summed E-state index contributed by atoms with van der Waals surface area (Å²) in [5.41, 5.74) is 2.88. The predicted octanol–water partition coefficient (Wildman–Crippen LogP) is 3.13. The maximum absolute atomic E-state index is 12.3. The van der Waals surface area contributed by atoms with Crippen LogP contribution in [0.5, 0.6) is 5.75 Å². The molecule has 0 aliphatic heterocycles. The zero-order valence-electron chi connectivity index (χ0n) is 17.0. The van der Waals surface area contributed by atoms with Gasteiger partial charge in [-0.25, -0.2) is 15.6 Å². The first-order valence-corrected chi connectivity index (χ1v) is 10.2. The second kappa shape index (κ2) is 9.50. The number of aromatic nitrogens is 1. The molecule has 31 heavy (non-hydrogen) atoms. The first-order valence-electron chi connectivity index (χ1n) is 9.30. The number of hydrazine groups is 1. The summed E-state index contributed by atoms with van der Waals surface area (Å²) in [5, 5.41) is 2.38. The maximum atomic E-state index is 12.3. The number of ether oxygens (including phenoxy) is 2. The number of nitrogens with two attached hydrogens (primary N) is 1. The first kappa shape index (κ1) is 22.1. The lowest BCUT2D eigenvalue weighted by atomic mass is 10.1. The summed E-state index contributed by atoms with van der Waals surface area (Å²) in [5.74, 6) is 4.49. The molecule has 9 heteroatoms. The van der Waals surface area contributed by atoms with Crippen LogP contribution in [0.1, 0.15) is 40.3 Å². The zero-order chi connectivity index (χ0) is 22.4. The van der Waals surface area contributed by atoms with Gasteiger partial charge >= 0.3 is 5.97 Å². The molecule has 0 saturated carbocycles. The van der Waals surface area contributed by atoms with Gasteiger partial charge in [-0.05, 0) is 43.7 Å². The van der Waals surface area contributed by atoms with Crippen LogP contribution in [0.15, 0.2) is 53.9 Å². The van der Waals surface area contributed by atoms with E-state index in [4.69, 9.17) is 15.3 Å². The number of aldehydes is 1. The summed E-state index contributed by atoms with van der Waals surface area (Å²) in [6.45, 7) is 3.17. The summed E-state index contributed by atoms with van der Waals surface area (Å²) >= 11 is 1.37. The monoisotopic (exact) mass is 439 g/mol. The van der Waals surface area contributed by atoms with Crippen LogP contribution in [0.3, 0.4) is 0 Å². The fraction of sp³-hybridized carbons (Fsp3) is 0.182. The van der Waals surface area contributed by atoms with Gasteiger partial charge in [-0.3, -0.25) is 15.0 Å². The van der Waals surface area contributed by atoms with Crippen molar-refractivity contribution in [2.75, 3.05) is 0 Å². The topological polar surface area (TPSA) is 121 Å². The van der Waals surface area contributed by atoms with Crippen molar-refractivity contribution in [2.24, 2.45) is 5.84 Å². The SMILES string of the molecule is CC(C)(OC(=O)c1ccc(COc2ccccc2-c2nc(C=O)cs2)cc1)C(=O)NN. The van der Waals surface area contributed by atoms with Crippen molar-refractivity contribution < 1.29 is 23.9 Å². The van der Waals surface area contributed by atoms with Crippen molar-refractivity contribution in [3.8, 4) is 16.3 Å². The van der Waals surface area contributed by atoms with Gasteiger partial charge in [0.2, 0.25) is 0 Å². The number of carbonyl (C=O) groups is 3. The van der Waals surface area contributed by atoms with E-state index in [2.05, 4.69) is 4.98 Å². The Morgan fingerprint density at radius 1 is 1.16 bits per heavy atom. The fourth-order valence-corrected chi connectivity index (χ4v) is 3.44. The molecule has 0 unspecified atom stereocenters. The highest BCUT2D eigenvalue weighted by molar-refractivity contribution is 7.13. The van der Waals surface area contributed by atoms with E-state index in [1.165, 1.54) is 25.2 Å². The van der Waals surface area contributed by atoms with Gasteiger partial charge in [0.05, 0.1) is 11.1 Å². The number of nitrogens with zero attached hydrogens (tertiary/aromatic N) is 1. The molecule has 0 aliphatic carbocycles. The van der Waals surface area contributed by atoms with Crippen molar-refractivity contribution in [1.82, 2.24) is 10.4 Å². The molecule has 1 heterocycles. The molecule has 160 valence electrons. The molecule has 3 aromatic rings. The van der Waals surface area contributed by atoms with Crippen molar-refractivity contribution in [1.29, 1.82) is 0 Å². The Morgan fingerprint density at radius 2 is 1.87 bits per heavy atom. The van der Waals surface area contributed by atoms with Gasteiger partial charge in [-0.2, -0.15) is 0 Å². The standard InChI is InChI=1S/C22H21N3O5S/c1-22(2,21(28)25-23)30-20(27)15-9-7-14(8-10-15)12-29-18-6-4-3-5-17(18)19-24-16(11-26)13-31-19/h3-11,13H,12,23H2,1-2H3,(H,25,28). The van der Waals surface area contributed by atoms with E-state index in [1.807, 2.05) is 29.7 Å². The third-order valence-corrected chi connectivity index (χ3v) is 5.26. The van der Waals surface area contributed by atoms with E-state index in [9.17, 15) is 14.4 Å². The Kier molecular flexibility index (Phi) is 6.78. The van der Waals surface area contributed by atoms with Crippen LogP contribution >= 0.6 is 11.3 Å². The average Bonchev–Trinajstić information content (AvgIpc) is 3.26. The molecule has 8 nitrogen and oxygen atoms in total. The smallest absolute Gasteiger partial charge is 0.339 e. The summed E-state index contributed by atoms with van der Waals surface area (Å²) in [6.07, 6.45) is 0.708. The second-order valence-corrected chi connectivity index (χ2v) is 7.91. The average molecular weight is 439 g/mol. The van der Waals surface area contributed by atoms with Gasteiger partial charge in [0.25, 0.3) is 5.91 Å². The van der Waals surface area contributed by atoms with Crippen LogP contribution in [0, 0.1) is 0 Å². The minimum Gasteiger partial charge on any atom is -0.488 e. The molecule has 2 aromatic carbocycles. The Bertz CT molecular complexity index is 1090. The van der Waals surface area contributed by atoms with E-state index in [-0.39, 0.29) is 6.61 Å². The molecule has 3 N–H and O–H groups in total. The molecule has 1 amide bonds. The second-order valence-electron chi connectivity index (χ2n) is 7.05. The minimum atomic E-state index is -1.39. The molecule has 0 radical (unpaired) electrons. The van der Waals surface area contributed by atoms with Crippen LogP contribution in [0.25, 0.3) is 10.6 Å². The largest absolute Gasteiger partial charge is 0.488 e. The minimum absolute atomic E-state index is 0.263. The van der Waals surface area contributed by atoms with Gasteiger partial charge in [0.1, 0.15) is 23.1 Å². The van der Waals surface area contributed by atoms with E-state index in [0.29, 0.717) is 28.3 Å². The summed E-state index contributed by atoms with van der Waals surface area (Å²) in [6, 6.07) is 14.1. The highest BCUT2D eigenvalue weighted by atomic mass is 32.1. The van der Waals surface area contributed by atoms with Crippen LogP contribution in [0.4, 0.5) is 0 Å². The van der Waals surface area contributed by atoms with Gasteiger partial charge < -0.3 is 9.47 Å². The van der Waals surface area contributed by atoms with Crippen LogP contribution in [-0.2, 0) is 16.1 Å². The van der Waals surface area contributed by atoms with E-state index in [0.717, 1.165) is 11.1 Å². The summed E-state index contributed by atoms with van der Waals surface area (Å²) in [7, 11) is 0. The molecule has 0 saturated heterocycles. The van der Waals surface area contributed by atoms with Crippen molar-refractivity contribution in [2.45, 2.75) is 26.1 Å². The Balaban J connectivity index is 1.67. The third kappa shape index (κ3) is 5.33. The highest BCUT2D eigenvalue weighted by Gasteiger charge is 2.31. The third-order valence-electron chi connectivity index (χ3n) is 4.37. The highest BCUT2D eigenvalue weighted by Crippen LogP contribution is 2.32. The number of hydrogen-bond acceptors (Lipinski definition) is 8. The van der Waals surface area contributed by atoms with Gasteiger partial charge in [0, 0.05) is 5.38 Å². The van der Waals surface area contributed by atoms with Gasteiger partial charge in [-0.1, -0.05) is 24.3 Å². The number of rotatable bonds is 8. The normalized spacial score (nSPS) is 10.9. The van der Waals surface area contributed by atoms with Crippen LogP contribution in [0.2, 0.25) is 0 Å². The van der Waals surface area contributed by atoms with Crippen LogP contribution in [-0.4, -0.2) is 28.7 Å². The van der Waals surface area contributed by atoms with E-state index >= 15 is 0 Å². The number of carbonyl (C=O) groups excluding carboxylic acids is 3. The van der Waals surface area contributed by atoms with E-state index < -0.39 is 17.5 Å². The first-order chi connectivity index (χ1) is 14.8. The van der Waals surface area contributed by atoms with Crippen molar-refractivity contribution >= 4 is 29.5 Å². The van der Waals surface area contributed by atoms with Crippen LogP contribution < -0.4 is 16.0 Å². The lowest BCUT2D eigenvalue weighted by Crippen LogP contribution is -2.48. The lowest BCUT2D eigenvalue weighted by Gasteiger charge is -2.22. The number of benzene rings is 2. The Morgan fingerprint density at radius 3 is 2.52 bits per heavy atom. The molecular formula is C22H21N3O5S. The quantitative estimate of drug-likeness (QED) is 0.182. The van der Waals surface area contributed by atoms with Gasteiger partial charge in [-0.15, -0.1) is 11.3 Å². The number of esters is 1. The predicted molar refractivity (Wildman–Crippen MR) is 116 cm³/mol. The molecule has 0 fully saturated rings. The molecule has 0 spiro atoms. The van der Waals surface area contributed by atoms with Crippen molar-refractivity contribution in [3.63, 3.8) is 0 Å². The number of para-hydroxylation sites is 1.